The summed E-state index contributed by atoms with van der Waals surface area (Å²) in [6, 6.07) is 23.6. The van der Waals surface area contributed by atoms with Crippen LogP contribution in [0.25, 0.3) is 11.4 Å². The Morgan fingerprint density at radius 2 is 1.74 bits per heavy atom. The minimum absolute atomic E-state index is 0.0569. The lowest BCUT2D eigenvalue weighted by atomic mass is 9.64. The van der Waals surface area contributed by atoms with Crippen molar-refractivity contribution in [1.82, 2.24) is 15.1 Å². The van der Waals surface area contributed by atoms with E-state index >= 15 is 0 Å². The van der Waals surface area contributed by atoms with Gasteiger partial charge in [0.2, 0.25) is 11.7 Å². The van der Waals surface area contributed by atoms with Gasteiger partial charge in [-0.1, -0.05) is 67.9 Å². The average molecular weight is 466 g/mol. The van der Waals surface area contributed by atoms with Crippen LogP contribution in [0, 0.1) is 11.8 Å². The number of pyridine rings is 1. The fraction of sp³-hybridized carbons (Fsp3) is 0.367. The minimum atomic E-state index is 0.0569. The highest BCUT2D eigenvalue weighted by molar-refractivity contribution is 5.57. The fourth-order valence-electron chi connectivity index (χ4n) is 6.20. The zero-order chi connectivity index (χ0) is 23.8. The van der Waals surface area contributed by atoms with Crippen molar-refractivity contribution >= 4 is 0 Å². The minimum Gasteiger partial charge on any atom is -0.487 e. The molecule has 178 valence electrons. The van der Waals surface area contributed by atoms with Crippen LogP contribution in [0.15, 0.2) is 77.4 Å². The molecule has 0 saturated heterocycles. The van der Waals surface area contributed by atoms with Gasteiger partial charge in [0, 0.05) is 23.1 Å². The zero-order valence-corrected chi connectivity index (χ0v) is 20.4. The summed E-state index contributed by atoms with van der Waals surface area (Å²) in [4.78, 5) is 8.92. The van der Waals surface area contributed by atoms with Crippen LogP contribution in [0.2, 0.25) is 0 Å². The van der Waals surface area contributed by atoms with Crippen LogP contribution in [0.4, 0.5) is 0 Å². The van der Waals surface area contributed by atoms with Crippen LogP contribution in [0.1, 0.15) is 68.2 Å². The Labute approximate surface area is 206 Å². The fourth-order valence-corrected chi connectivity index (χ4v) is 6.20. The summed E-state index contributed by atoms with van der Waals surface area (Å²) >= 11 is 0. The molecule has 2 aliphatic carbocycles. The Morgan fingerprint density at radius 3 is 2.34 bits per heavy atom. The van der Waals surface area contributed by atoms with Crippen molar-refractivity contribution in [3.05, 3.63) is 95.6 Å². The van der Waals surface area contributed by atoms with Crippen LogP contribution in [-0.2, 0) is 12.0 Å². The van der Waals surface area contributed by atoms with Gasteiger partial charge in [0.05, 0.1) is 5.69 Å². The van der Waals surface area contributed by atoms with Crippen LogP contribution in [-0.4, -0.2) is 15.1 Å². The number of fused-ring (bicyclic) bond motifs is 2. The molecule has 2 heterocycles. The molecule has 4 aromatic rings. The highest BCUT2D eigenvalue weighted by Gasteiger charge is 2.52. The molecule has 5 nitrogen and oxygen atoms in total. The van der Waals surface area contributed by atoms with Crippen LogP contribution >= 0.6 is 0 Å². The maximum Gasteiger partial charge on any atom is 0.229 e. The second kappa shape index (κ2) is 8.95. The quantitative estimate of drug-likeness (QED) is 0.296. The Bertz CT molecular complexity index is 1280. The smallest absolute Gasteiger partial charge is 0.229 e. The van der Waals surface area contributed by atoms with Crippen molar-refractivity contribution in [1.29, 1.82) is 0 Å². The van der Waals surface area contributed by atoms with Gasteiger partial charge in [0.15, 0.2) is 0 Å². The topological polar surface area (TPSA) is 61.0 Å². The third-order valence-electron chi connectivity index (χ3n) is 7.92. The highest BCUT2D eigenvalue weighted by Crippen LogP contribution is 2.60. The molecule has 2 aromatic carbocycles. The Kier molecular flexibility index (Phi) is 5.63. The molecule has 35 heavy (non-hydrogen) atoms. The van der Waals surface area contributed by atoms with Gasteiger partial charge in [-0.2, -0.15) is 4.98 Å². The molecular weight excluding hydrogens is 434 g/mol. The SMILES string of the molecule is CC(C)c1nc(-c2ccc(C3(c4ccc(OCc5ccccn5)cc4)CC4CCC3C4)cc2)no1. The van der Waals surface area contributed by atoms with Gasteiger partial charge in [-0.3, -0.25) is 4.98 Å². The molecule has 0 spiro atoms. The van der Waals surface area contributed by atoms with Gasteiger partial charge in [-0.25, -0.2) is 0 Å². The first-order valence-corrected chi connectivity index (χ1v) is 12.7. The molecule has 6 rings (SSSR count). The Hall–Kier alpha value is -3.47. The molecule has 3 atom stereocenters. The monoisotopic (exact) mass is 465 g/mol. The first kappa shape index (κ1) is 22.0. The van der Waals surface area contributed by atoms with E-state index in [0.29, 0.717) is 24.2 Å². The second-order valence-corrected chi connectivity index (χ2v) is 10.4. The first-order chi connectivity index (χ1) is 17.1. The van der Waals surface area contributed by atoms with E-state index in [2.05, 4.69) is 77.5 Å². The lowest BCUT2D eigenvalue weighted by Gasteiger charge is -2.39. The number of aromatic nitrogens is 3. The van der Waals surface area contributed by atoms with Gasteiger partial charge in [0.25, 0.3) is 0 Å². The molecule has 2 fully saturated rings. The predicted octanol–water partition coefficient (Wildman–Crippen LogP) is 6.94. The Balaban J connectivity index is 1.27. The normalized spacial score (nSPS) is 23.2. The maximum atomic E-state index is 6.01. The van der Waals surface area contributed by atoms with Crippen molar-refractivity contribution in [2.24, 2.45) is 11.8 Å². The zero-order valence-electron chi connectivity index (χ0n) is 20.4. The summed E-state index contributed by atoms with van der Waals surface area (Å²) in [5.41, 5.74) is 4.78. The number of benzene rings is 2. The summed E-state index contributed by atoms with van der Waals surface area (Å²) in [6.45, 7) is 4.61. The molecule has 0 radical (unpaired) electrons. The largest absolute Gasteiger partial charge is 0.487 e. The average Bonchev–Trinajstić information content (AvgIpc) is 3.66. The number of nitrogens with zero attached hydrogens (tertiary/aromatic N) is 3. The van der Waals surface area contributed by atoms with Crippen molar-refractivity contribution in [3.63, 3.8) is 0 Å². The summed E-state index contributed by atoms with van der Waals surface area (Å²) in [5, 5.41) is 4.19. The molecular formula is C30H31N3O2. The van der Waals surface area contributed by atoms with Crippen LogP contribution in [0.5, 0.6) is 5.75 Å². The molecule has 0 aliphatic heterocycles. The number of hydrogen-bond donors (Lipinski definition) is 0. The standard InChI is InChI=1S/C30H31N3O2/c1-20(2)29-32-28(33-35-29)22-7-10-23(11-8-22)30(18-21-6-9-25(30)17-21)24-12-14-27(15-13-24)34-19-26-5-3-4-16-31-26/h3-5,7-8,10-16,20-21,25H,6,9,17-19H2,1-2H3. The first-order valence-electron chi connectivity index (χ1n) is 12.7. The summed E-state index contributed by atoms with van der Waals surface area (Å²) in [7, 11) is 0. The van der Waals surface area contributed by atoms with E-state index in [0.717, 1.165) is 22.9 Å². The summed E-state index contributed by atoms with van der Waals surface area (Å²) in [6.07, 6.45) is 6.99. The van der Waals surface area contributed by atoms with E-state index in [9.17, 15) is 0 Å². The van der Waals surface area contributed by atoms with E-state index < -0.39 is 0 Å². The summed E-state index contributed by atoms with van der Waals surface area (Å²) in [5.74, 6) is 3.94. The predicted molar refractivity (Wildman–Crippen MR) is 135 cm³/mol. The molecule has 2 bridgehead atoms. The molecule has 0 amide bonds. The van der Waals surface area contributed by atoms with Gasteiger partial charge < -0.3 is 9.26 Å². The summed E-state index contributed by atoms with van der Waals surface area (Å²) < 4.78 is 11.4. The van der Waals surface area contributed by atoms with E-state index in [1.54, 1.807) is 6.20 Å². The van der Waals surface area contributed by atoms with E-state index in [4.69, 9.17) is 9.26 Å². The van der Waals surface area contributed by atoms with Gasteiger partial charge in [-0.15, -0.1) is 0 Å². The van der Waals surface area contributed by atoms with Gasteiger partial charge >= 0.3 is 0 Å². The van der Waals surface area contributed by atoms with E-state index in [1.807, 2.05) is 18.2 Å². The molecule has 2 saturated carbocycles. The molecule has 2 aromatic heterocycles. The maximum absolute atomic E-state index is 6.01. The third kappa shape index (κ3) is 4.03. The van der Waals surface area contributed by atoms with Gasteiger partial charge in [0.1, 0.15) is 12.4 Å². The lowest BCUT2D eigenvalue weighted by Crippen LogP contribution is -2.34. The number of rotatable bonds is 7. The van der Waals surface area contributed by atoms with Crippen LogP contribution < -0.4 is 4.74 Å². The van der Waals surface area contributed by atoms with Crippen molar-refractivity contribution in [2.75, 3.05) is 0 Å². The molecule has 5 heteroatoms. The van der Waals surface area contributed by atoms with E-state index in [1.165, 1.54) is 36.8 Å². The third-order valence-corrected chi connectivity index (χ3v) is 7.92. The molecule has 0 N–H and O–H groups in total. The molecule has 3 unspecified atom stereocenters. The van der Waals surface area contributed by atoms with Crippen LogP contribution in [0.3, 0.4) is 0 Å². The van der Waals surface area contributed by atoms with Gasteiger partial charge in [-0.05, 0) is 66.5 Å². The highest BCUT2D eigenvalue weighted by atomic mass is 16.5. The van der Waals surface area contributed by atoms with Crippen molar-refractivity contribution in [2.45, 2.75) is 57.5 Å². The molecule has 2 aliphatic rings. The second-order valence-electron chi connectivity index (χ2n) is 10.4. The lowest BCUT2D eigenvalue weighted by molar-refractivity contribution is 0.299. The van der Waals surface area contributed by atoms with E-state index in [-0.39, 0.29) is 11.3 Å². The number of hydrogen-bond acceptors (Lipinski definition) is 5. The Morgan fingerprint density at radius 1 is 0.971 bits per heavy atom. The van der Waals surface area contributed by atoms with Crippen molar-refractivity contribution in [3.8, 4) is 17.1 Å². The number of ether oxygens (including phenoxy) is 1. The van der Waals surface area contributed by atoms with Crippen molar-refractivity contribution < 1.29 is 9.26 Å².